The van der Waals surface area contributed by atoms with Crippen molar-refractivity contribution in [2.75, 3.05) is 24.6 Å². The van der Waals surface area contributed by atoms with Crippen LogP contribution in [-0.4, -0.2) is 36.0 Å². The number of anilines is 1. The number of hydrogen-bond donors (Lipinski definition) is 2. The van der Waals surface area contributed by atoms with Crippen molar-refractivity contribution in [1.82, 2.24) is 9.97 Å². The second-order valence-electron chi connectivity index (χ2n) is 10.6. The van der Waals surface area contributed by atoms with Gasteiger partial charge in [0.05, 0.1) is 23.8 Å². The molecule has 2 N–H and O–H groups in total. The molecule has 0 amide bonds. The Morgan fingerprint density at radius 1 is 1.00 bits per heavy atom. The van der Waals surface area contributed by atoms with Gasteiger partial charge in [-0.15, -0.1) is 0 Å². The van der Waals surface area contributed by atoms with Gasteiger partial charge < -0.3 is 19.4 Å². The van der Waals surface area contributed by atoms with E-state index in [0.717, 1.165) is 0 Å². The zero-order valence-electron chi connectivity index (χ0n) is 22.3. The molecular weight excluding hydrogens is 575 g/mol. The Labute approximate surface area is 234 Å². The minimum atomic E-state index is -5.02. The van der Waals surface area contributed by atoms with Crippen LogP contribution in [0.3, 0.4) is 0 Å². The molecule has 5 rings (SSSR count). The summed E-state index contributed by atoms with van der Waals surface area (Å²) in [5.74, 6) is -1.54. The number of alkyl halides is 6. The number of aryl methyl sites for hydroxylation is 1. The van der Waals surface area contributed by atoms with Crippen LogP contribution >= 0.6 is 0 Å². The zero-order valence-corrected chi connectivity index (χ0v) is 22.3. The highest BCUT2D eigenvalue weighted by Crippen LogP contribution is 2.46. The van der Waals surface area contributed by atoms with Gasteiger partial charge in [-0.25, -0.2) is 9.18 Å². The van der Waals surface area contributed by atoms with E-state index >= 15 is 0 Å². The molecule has 3 aromatic rings. The van der Waals surface area contributed by atoms with Gasteiger partial charge in [0.2, 0.25) is 0 Å². The first kappa shape index (κ1) is 29.8. The first-order valence-corrected chi connectivity index (χ1v) is 13.0. The number of hydrogen-bond acceptors (Lipinski definition) is 5. The largest absolute Gasteiger partial charge is 0.416 e. The Morgan fingerprint density at radius 3 is 2.26 bits per heavy atom. The van der Waals surface area contributed by atoms with E-state index in [0.29, 0.717) is 36.3 Å². The zero-order chi connectivity index (χ0) is 30.6. The third kappa shape index (κ3) is 5.95. The molecule has 42 heavy (non-hydrogen) atoms. The predicted molar refractivity (Wildman–Crippen MR) is 136 cm³/mol. The fourth-order valence-corrected chi connectivity index (χ4v) is 5.85. The Hall–Kier alpha value is -3.65. The van der Waals surface area contributed by atoms with E-state index in [1.165, 1.54) is 25.3 Å². The highest BCUT2D eigenvalue weighted by molar-refractivity contribution is 5.44. The maximum absolute atomic E-state index is 14.0. The Bertz CT molecular complexity index is 1550. The number of benzene rings is 2. The van der Waals surface area contributed by atoms with Crippen molar-refractivity contribution < 1.29 is 40.2 Å². The average Bonchev–Trinajstić information content (AvgIpc) is 3.32. The van der Waals surface area contributed by atoms with Gasteiger partial charge in [-0.3, -0.25) is 9.78 Å². The van der Waals surface area contributed by atoms with E-state index in [1.54, 1.807) is 17.9 Å². The van der Waals surface area contributed by atoms with E-state index in [-0.39, 0.29) is 35.8 Å². The lowest BCUT2D eigenvalue weighted by Crippen LogP contribution is -2.42. The third-order valence-electron chi connectivity index (χ3n) is 7.87. The highest BCUT2D eigenvalue weighted by atomic mass is 19.4. The fourth-order valence-electron chi connectivity index (χ4n) is 5.85. The molecule has 0 bridgehead atoms. The first-order valence-electron chi connectivity index (χ1n) is 13.0. The summed E-state index contributed by atoms with van der Waals surface area (Å²) >= 11 is 0. The number of nitrogens with zero attached hydrogens (tertiary/aromatic N) is 1. The monoisotopic (exact) mass is 601 g/mol. The van der Waals surface area contributed by atoms with Crippen LogP contribution in [0.1, 0.15) is 46.8 Å². The molecule has 2 saturated heterocycles. The molecule has 1 aromatic heterocycles. The third-order valence-corrected chi connectivity index (χ3v) is 7.87. The van der Waals surface area contributed by atoms with E-state index in [1.807, 2.05) is 0 Å². The highest BCUT2D eigenvalue weighted by Gasteiger charge is 2.48. The predicted octanol–water partition coefficient (Wildman–Crippen LogP) is 5.52. The van der Waals surface area contributed by atoms with Gasteiger partial charge in [-0.2, -0.15) is 26.3 Å². The molecule has 2 fully saturated rings. The topological polar surface area (TPSA) is 87.4 Å². The standard InChI is InChI=1S/C28H26F7N3O4/c1-13-5-19(29)3-4-20(13)23-21-11-38(22-9-36-26(40)37-24(22)39)10-16(21)12-41-25(23)42-14(2)15-6-17(27(30,31)32)8-18(7-15)28(33,34)35/h3-9,14,16,21,23,25H,10-12H2,1-2H3,(H2,36,37,39,40)/t14-,16+,21?,23+,25-/m1/s1. The summed E-state index contributed by atoms with van der Waals surface area (Å²) in [6.45, 7) is 3.78. The minimum Gasteiger partial charge on any atom is -0.365 e. The van der Waals surface area contributed by atoms with Gasteiger partial charge >= 0.3 is 18.0 Å². The molecule has 2 aliphatic rings. The lowest BCUT2D eigenvalue weighted by atomic mass is 9.76. The summed E-state index contributed by atoms with van der Waals surface area (Å²) in [6.07, 6.45) is -11.1. The number of rotatable bonds is 5. The van der Waals surface area contributed by atoms with E-state index in [4.69, 9.17) is 9.47 Å². The van der Waals surface area contributed by atoms with Crippen LogP contribution in [0.15, 0.2) is 52.2 Å². The van der Waals surface area contributed by atoms with Crippen molar-refractivity contribution in [2.45, 2.75) is 44.5 Å². The smallest absolute Gasteiger partial charge is 0.365 e. The Balaban J connectivity index is 1.50. The molecule has 0 aliphatic carbocycles. The van der Waals surface area contributed by atoms with Gasteiger partial charge in [0, 0.05) is 31.1 Å². The van der Waals surface area contributed by atoms with Gasteiger partial charge in [0.15, 0.2) is 6.29 Å². The lowest BCUT2D eigenvalue weighted by molar-refractivity contribution is -0.217. The van der Waals surface area contributed by atoms with Crippen molar-refractivity contribution in [2.24, 2.45) is 11.8 Å². The molecule has 0 radical (unpaired) electrons. The lowest BCUT2D eigenvalue weighted by Gasteiger charge is -2.41. The quantitative estimate of drug-likeness (QED) is 0.377. The summed E-state index contributed by atoms with van der Waals surface area (Å²) in [6, 6.07) is 5.38. The van der Waals surface area contributed by atoms with Crippen molar-refractivity contribution in [1.29, 1.82) is 0 Å². The van der Waals surface area contributed by atoms with Crippen LogP contribution < -0.4 is 16.1 Å². The first-order chi connectivity index (χ1) is 19.6. The van der Waals surface area contributed by atoms with E-state index < -0.39 is 58.9 Å². The van der Waals surface area contributed by atoms with Gasteiger partial charge in [0.25, 0.3) is 5.56 Å². The summed E-state index contributed by atoms with van der Waals surface area (Å²) in [7, 11) is 0. The van der Waals surface area contributed by atoms with Gasteiger partial charge in [-0.1, -0.05) is 6.07 Å². The molecule has 0 spiro atoms. The summed E-state index contributed by atoms with van der Waals surface area (Å²) in [5.41, 5.74) is -3.15. The minimum absolute atomic E-state index is 0.0498. The van der Waals surface area contributed by atoms with Crippen LogP contribution in [0.25, 0.3) is 0 Å². The van der Waals surface area contributed by atoms with Crippen LogP contribution in [0.4, 0.5) is 36.4 Å². The number of fused-ring (bicyclic) bond motifs is 1. The molecule has 5 atom stereocenters. The maximum Gasteiger partial charge on any atom is 0.416 e. The fraction of sp³-hybridized carbons (Fsp3) is 0.429. The molecule has 7 nitrogen and oxygen atoms in total. The number of nitrogens with one attached hydrogen (secondary N) is 2. The van der Waals surface area contributed by atoms with Crippen LogP contribution in [-0.2, 0) is 21.8 Å². The normalized spacial score (nSPS) is 23.6. The molecule has 3 heterocycles. The molecule has 2 aliphatic heterocycles. The molecular formula is C28H26F7N3O4. The number of halogens is 7. The van der Waals surface area contributed by atoms with E-state index in [2.05, 4.69) is 9.97 Å². The van der Waals surface area contributed by atoms with Crippen LogP contribution in [0.2, 0.25) is 0 Å². The molecule has 226 valence electrons. The van der Waals surface area contributed by atoms with Crippen molar-refractivity contribution in [3.05, 3.63) is 97.1 Å². The summed E-state index contributed by atoms with van der Waals surface area (Å²) < 4.78 is 107. The summed E-state index contributed by atoms with van der Waals surface area (Å²) in [4.78, 5) is 30.3. The average molecular weight is 602 g/mol. The number of ether oxygens (including phenoxy) is 2. The second-order valence-corrected chi connectivity index (χ2v) is 10.6. The maximum atomic E-state index is 14.0. The Kier molecular flexibility index (Phi) is 7.73. The molecule has 2 aromatic carbocycles. The number of aromatic amines is 2. The van der Waals surface area contributed by atoms with Crippen molar-refractivity contribution >= 4 is 5.69 Å². The second kappa shape index (κ2) is 10.9. The molecule has 14 heteroatoms. The van der Waals surface area contributed by atoms with Crippen molar-refractivity contribution in [3.63, 3.8) is 0 Å². The van der Waals surface area contributed by atoms with Gasteiger partial charge in [-0.05, 0) is 66.8 Å². The van der Waals surface area contributed by atoms with Crippen LogP contribution in [0.5, 0.6) is 0 Å². The Morgan fingerprint density at radius 2 is 1.67 bits per heavy atom. The molecule has 1 unspecified atom stereocenters. The van der Waals surface area contributed by atoms with Gasteiger partial charge in [0.1, 0.15) is 11.5 Å². The molecule has 0 saturated carbocycles. The van der Waals surface area contributed by atoms with Crippen molar-refractivity contribution in [3.8, 4) is 0 Å². The van der Waals surface area contributed by atoms with E-state index in [9.17, 15) is 40.3 Å². The summed E-state index contributed by atoms with van der Waals surface area (Å²) in [5, 5.41) is 0. The SMILES string of the molecule is Cc1cc(F)ccc1[C@H]1C2CN(c3c[nH]c(=O)[nH]c3=O)C[C@H]2CO[C@@H]1O[C@H](C)c1cc(C(F)(F)F)cc(C(F)(F)F)c1. The van der Waals surface area contributed by atoms with Crippen LogP contribution in [0, 0.1) is 24.6 Å². The number of H-pyrrole nitrogens is 2. The number of aromatic nitrogens is 2.